The van der Waals surface area contributed by atoms with E-state index in [1.54, 1.807) is 23.1 Å². The number of amides is 1. The Balaban J connectivity index is 1.62. The van der Waals surface area contributed by atoms with Crippen LogP contribution in [0.4, 0.5) is 11.4 Å². The molecule has 23 heavy (non-hydrogen) atoms. The molecule has 0 aliphatic carbocycles. The summed E-state index contributed by atoms with van der Waals surface area (Å²) in [4.78, 5) is 16.7. The molecular formula is C17H15BrN2O3. The summed E-state index contributed by atoms with van der Waals surface area (Å²) in [5, 5.41) is 0. The Morgan fingerprint density at radius 2 is 2.09 bits per heavy atom. The molecule has 0 radical (unpaired) electrons. The van der Waals surface area contributed by atoms with Crippen molar-refractivity contribution in [3.8, 4) is 5.75 Å². The minimum Gasteiger partial charge on any atom is -0.489 e. The Labute approximate surface area is 142 Å². The van der Waals surface area contributed by atoms with Gasteiger partial charge in [0, 0.05) is 19.2 Å². The second-order valence-electron chi connectivity index (χ2n) is 5.42. The average molecular weight is 375 g/mol. The van der Waals surface area contributed by atoms with Crippen LogP contribution in [0.15, 0.2) is 45.5 Å². The number of benzene rings is 1. The van der Waals surface area contributed by atoms with Crippen LogP contribution in [0.3, 0.4) is 0 Å². The van der Waals surface area contributed by atoms with Gasteiger partial charge >= 0.3 is 0 Å². The zero-order valence-electron chi connectivity index (χ0n) is 12.4. The molecule has 0 unspecified atom stereocenters. The van der Waals surface area contributed by atoms with Crippen molar-refractivity contribution in [3.05, 3.63) is 46.8 Å². The summed E-state index contributed by atoms with van der Waals surface area (Å²) in [6, 6.07) is 9.46. The van der Waals surface area contributed by atoms with E-state index in [-0.39, 0.29) is 5.91 Å². The lowest BCUT2D eigenvalue weighted by Gasteiger charge is -2.40. The van der Waals surface area contributed by atoms with Gasteiger partial charge in [0.2, 0.25) is 0 Å². The second-order valence-corrected chi connectivity index (χ2v) is 6.21. The van der Waals surface area contributed by atoms with Gasteiger partial charge in [0.1, 0.15) is 23.8 Å². The first-order valence-electron chi connectivity index (χ1n) is 7.48. The Morgan fingerprint density at radius 3 is 2.91 bits per heavy atom. The molecule has 2 aliphatic heterocycles. The van der Waals surface area contributed by atoms with Crippen molar-refractivity contribution < 1.29 is 13.9 Å². The number of hydrogen-bond donors (Lipinski definition) is 0. The third kappa shape index (κ3) is 2.63. The van der Waals surface area contributed by atoms with Crippen LogP contribution in [-0.2, 0) is 4.79 Å². The number of rotatable bonds is 2. The first-order valence-corrected chi connectivity index (χ1v) is 8.27. The normalized spacial score (nSPS) is 16.4. The first-order chi connectivity index (χ1) is 11.2. The van der Waals surface area contributed by atoms with Gasteiger partial charge in [0.25, 0.3) is 5.91 Å². The number of furan rings is 1. The van der Waals surface area contributed by atoms with E-state index in [0.717, 1.165) is 30.2 Å². The molecule has 1 aromatic heterocycles. The highest BCUT2D eigenvalue weighted by Gasteiger charge is 2.30. The van der Waals surface area contributed by atoms with E-state index < -0.39 is 0 Å². The molecule has 0 bridgehead atoms. The zero-order valence-corrected chi connectivity index (χ0v) is 14.0. The molecule has 1 aromatic carbocycles. The minimum absolute atomic E-state index is 0.0591. The molecule has 2 aromatic rings. The molecule has 0 spiro atoms. The first kappa shape index (κ1) is 14.4. The maximum absolute atomic E-state index is 12.6. The van der Waals surface area contributed by atoms with Crippen LogP contribution in [0.25, 0.3) is 6.08 Å². The van der Waals surface area contributed by atoms with Gasteiger partial charge in [-0.1, -0.05) is 6.07 Å². The van der Waals surface area contributed by atoms with E-state index in [1.165, 1.54) is 0 Å². The van der Waals surface area contributed by atoms with Crippen LogP contribution in [0.5, 0.6) is 5.75 Å². The van der Waals surface area contributed by atoms with E-state index in [1.807, 2.05) is 24.3 Å². The lowest BCUT2D eigenvalue weighted by Crippen LogP contribution is -2.46. The highest BCUT2D eigenvalue weighted by molar-refractivity contribution is 9.10. The summed E-state index contributed by atoms with van der Waals surface area (Å²) in [6.45, 7) is 3.04. The average Bonchev–Trinajstić information content (AvgIpc) is 2.99. The predicted octanol–water partition coefficient (Wildman–Crippen LogP) is 3.30. The van der Waals surface area contributed by atoms with Crippen molar-refractivity contribution in [1.82, 2.24) is 0 Å². The number of nitrogens with zero attached hydrogens (tertiary/aromatic N) is 2. The summed E-state index contributed by atoms with van der Waals surface area (Å²) in [6.07, 6.45) is 3.23. The highest BCUT2D eigenvalue weighted by Crippen LogP contribution is 2.42. The Hall–Kier alpha value is -2.21. The van der Waals surface area contributed by atoms with Crippen LogP contribution in [-0.4, -0.2) is 32.1 Å². The molecule has 118 valence electrons. The van der Waals surface area contributed by atoms with Crippen LogP contribution >= 0.6 is 15.9 Å². The summed E-state index contributed by atoms with van der Waals surface area (Å²) in [5.74, 6) is 1.43. The van der Waals surface area contributed by atoms with Crippen LogP contribution in [0, 0.1) is 0 Å². The molecule has 5 nitrogen and oxygen atoms in total. The lowest BCUT2D eigenvalue weighted by molar-refractivity contribution is -0.114. The molecule has 4 rings (SSSR count). The Kier molecular flexibility index (Phi) is 3.61. The van der Waals surface area contributed by atoms with Crippen molar-refractivity contribution in [2.24, 2.45) is 0 Å². The number of carbonyl (C=O) groups is 1. The van der Waals surface area contributed by atoms with E-state index >= 15 is 0 Å². The van der Waals surface area contributed by atoms with E-state index in [4.69, 9.17) is 9.15 Å². The molecule has 0 saturated carbocycles. The van der Waals surface area contributed by atoms with Gasteiger partial charge in [-0.05, 0) is 46.3 Å². The second kappa shape index (κ2) is 5.77. The minimum atomic E-state index is -0.0591. The topological polar surface area (TPSA) is 45.9 Å². The van der Waals surface area contributed by atoms with E-state index in [2.05, 4.69) is 20.8 Å². The van der Waals surface area contributed by atoms with Gasteiger partial charge in [-0.15, -0.1) is 0 Å². The van der Waals surface area contributed by atoms with Crippen LogP contribution in [0.1, 0.15) is 5.76 Å². The number of halogens is 1. The van der Waals surface area contributed by atoms with Gasteiger partial charge < -0.3 is 19.0 Å². The van der Waals surface area contributed by atoms with Crippen LogP contribution < -0.4 is 14.5 Å². The van der Waals surface area contributed by atoms with Gasteiger partial charge in [0.05, 0.1) is 12.2 Å². The van der Waals surface area contributed by atoms with Crippen molar-refractivity contribution >= 4 is 39.3 Å². The molecule has 0 saturated heterocycles. The van der Waals surface area contributed by atoms with Gasteiger partial charge in [-0.3, -0.25) is 4.79 Å². The molecular weight excluding hydrogens is 360 g/mol. The number of carbonyl (C=O) groups excluding carboxylic acids is 1. The largest absolute Gasteiger partial charge is 0.489 e. The predicted molar refractivity (Wildman–Crippen MR) is 91.9 cm³/mol. The number of anilines is 2. The summed E-state index contributed by atoms with van der Waals surface area (Å²) >= 11 is 3.25. The SMILES string of the molecule is O=C(/C=C/c1ccc(Br)o1)N1CCN2CCOc3cccc1c32. The fraction of sp³-hybridized carbons (Fsp3) is 0.235. The fourth-order valence-electron chi connectivity index (χ4n) is 3.00. The Bertz CT molecular complexity index is 784. The highest BCUT2D eigenvalue weighted by atomic mass is 79.9. The summed E-state index contributed by atoms with van der Waals surface area (Å²) in [5.41, 5.74) is 1.93. The Morgan fingerprint density at radius 1 is 1.17 bits per heavy atom. The van der Waals surface area contributed by atoms with Gasteiger partial charge in [0.15, 0.2) is 4.67 Å². The fourth-order valence-corrected chi connectivity index (χ4v) is 3.31. The van der Waals surface area contributed by atoms with Crippen molar-refractivity contribution in [2.75, 3.05) is 36.0 Å². The zero-order chi connectivity index (χ0) is 15.8. The summed E-state index contributed by atoms with van der Waals surface area (Å²) in [7, 11) is 0. The molecule has 0 N–H and O–H groups in total. The lowest BCUT2D eigenvalue weighted by atomic mass is 10.1. The van der Waals surface area contributed by atoms with Crippen LogP contribution in [0.2, 0.25) is 0 Å². The van der Waals surface area contributed by atoms with E-state index in [9.17, 15) is 4.79 Å². The number of para-hydroxylation sites is 1. The monoisotopic (exact) mass is 374 g/mol. The third-order valence-corrected chi connectivity index (χ3v) is 4.47. The third-order valence-electron chi connectivity index (χ3n) is 4.05. The molecule has 2 aliphatic rings. The molecule has 6 heteroatoms. The maximum Gasteiger partial charge on any atom is 0.251 e. The number of ether oxygens (including phenoxy) is 1. The molecule has 0 fully saturated rings. The molecule has 3 heterocycles. The van der Waals surface area contributed by atoms with E-state index in [0.29, 0.717) is 23.6 Å². The number of hydrogen-bond acceptors (Lipinski definition) is 4. The standard InChI is InChI=1S/C17H15BrN2O3/c18-15-6-4-12(23-15)5-7-16(21)20-9-8-19-10-11-22-14-3-1-2-13(20)17(14)19/h1-7H,8-11H2/b7-5+. The quantitative estimate of drug-likeness (QED) is 0.756. The summed E-state index contributed by atoms with van der Waals surface area (Å²) < 4.78 is 11.7. The maximum atomic E-state index is 12.6. The van der Waals surface area contributed by atoms with Crippen molar-refractivity contribution in [1.29, 1.82) is 0 Å². The molecule has 0 atom stereocenters. The smallest absolute Gasteiger partial charge is 0.251 e. The molecule has 1 amide bonds. The van der Waals surface area contributed by atoms with Crippen molar-refractivity contribution in [3.63, 3.8) is 0 Å². The van der Waals surface area contributed by atoms with Gasteiger partial charge in [-0.25, -0.2) is 0 Å². The van der Waals surface area contributed by atoms with Gasteiger partial charge in [-0.2, -0.15) is 0 Å². The van der Waals surface area contributed by atoms with Crippen molar-refractivity contribution in [2.45, 2.75) is 0 Å².